The Balaban J connectivity index is 1.99. The number of benzene rings is 1. The Labute approximate surface area is 170 Å². The van der Waals surface area contributed by atoms with Gasteiger partial charge in [-0.1, -0.05) is 37.3 Å². The quantitative estimate of drug-likeness (QED) is 0.676. The molecule has 146 valence electrons. The van der Waals surface area contributed by atoms with Crippen LogP contribution in [-0.2, 0) is 12.8 Å². The zero-order chi connectivity index (χ0) is 20.1. The number of hydrogen-bond acceptors (Lipinski definition) is 3. The molecule has 2 amide bonds. The van der Waals surface area contributed by atoms with E-state index in [4.69, 9.17) is 0 Å². The molecule has 1 aliphatic rings. The van der Waals surface area contributed by atoms with Crippen molar-refractivity contribution in [2.45, 2.75) is 26.2 Å². The van der Waals surface area contributed by atoms with Crippen LogP contribution in [0, 0.1) is 5.92 Å². The summed E-state index contributed by atoms with van der Waals surface area (Å²) in [6.45, 7) is 10.6. The molecule has 1 N–H and O–H groups in total. The normalized spacial score (nSPS) is 15.4. The number of fused-ring (bicyclic) bond motifs is 1. The third-order valence-electron chi connectivity index (χ3n) is 4.97. The summed E-state index contributed by atoms with van der Waals surface area (Å²) in [4.78, 5) is 29.0. The van der Waals surface area contributed by atoms with Crippen molar-refractivity contribution in [3.05, 3.63) is 77.2 Å². The molecule has 3 rings (SSSR count). The highest BCUT2D eigenvalue weighted by atomic mass is 32.1. The lowest BCUT2D eigenvalue weighted by atomic mass is 9.88. The van der Waals surface area contributed by atoms with Crippen molar-refractivity contribution >= 4 is 28.2 Å². The number of anilines is 1. The highest BCUT2D eigenvalue weighted by Gasteiger charge is 2.30. The first-order valence-electron chi connectivity index (χ1n) is 9.57. The second kappa shape index (κ2) is 9.02. The Hall–Kier alpha value is -2.66. The fraction of sp³-hybridized carbons (Fsp3) is 0.304. The molecule has 0 radical (unpaired) electrons. The van der Waals surface area contributed by atoms with Crippen LogP contribution in [0.15, 0.2) is 55.6 Å². The Kier molecular flexibility index (Phi) is 6.47. The minimum absolute atomic E-state index is 0.0739. The number of carbonyl (C=O) groups is 2. The van der Waals surface area contributed by atoms with E-state index in [0.717, 1.165) is 24.8 Å². The summed E-state index contributed by atoms with van der Waals surface area (Å²) in [6, 6.07) is 9.08. The molecule has 1 heterocycles. The number of amides is 2. The van der Waals surface area contributed by atoms with Gasteiger partial charge in [0, 0.05) is 23.5 Å². The maximum atomic E-state index is 13.4. The van der Waals surface area contributed by atoms with Gasteiger partial charge in [0.25, 0.3) is 11.8 Å². The molecule has 5 heteroatoms. The second-order valence-corrected chi connectivity index (χ2v) is 8.27. The SMILES string of the molecule is C=CCN(CC=C)C(=O)c1c(NC(=O)c2ccccc2)sc2c1CCC(C)C2. The van der Waals surface area contributed by atoms with Crippen LogP contribution in [0.5, 0.6) is 0 Å². The highest BCUT2D eigenvalue weighted by molar-refractivity contribution is 7.17. The number of hydrogen-bond donors (Lipinski definition) is 1. The summed E-state index contributed by atoms with van der Waals surface area (Å²) in [6.07, 6.45) is 6.30. The Bertz CT molecular complexity index is 876. The maximum Gasteiger partial charge on any atom is 0.257 e. The summed E-state index contributed by atoms with van der Waals surface area (Å²) in [5.41, 5.74) is 2.31. The van der Waals surface area contributed by atoms with E-state index in [-0.39, 0.29) is 11.8 Å². The zero-order valence-corrected chi connectivity index (χ0v) is 17.1. The predicted octanol–water partition coefficient (Wildman–Crippen LogP) is 4.94. The van der Waals surface area contributed by atoms with Gasteiger partial charge in [0.15, 0.2) is 0 Å². The molecule has 0 saturated carbocycles. The van der Waals surface area contributed by atoms with Crippen LogP contribution in [0.2, 0.25) is 0 Å². The standard InChI is InChI=1S/C23H26N2O2S/c1-4-13-25(14-5-2)23(27)20-18-12-11-16(3)15-19(18)28-22(20)24-21(26)17-9-7-6-8-10-17/h4-10,16H,1-2,11-15H2,3H3,(H,24,26). The van der Waals surface area contributed by atoms with Crippen LogP contribution >= 0.6 is 11.3 Å². The summed E-state index contributed by atoms with van der Waals surface area (Å²) in [5.74, 6) is 0.319. The number of carbonyl (C=O) groups excluding carboxylic acids is 2. The van der Waals surface area contributed by atoms with Crippen LogP contribution in [0.3, 0.4) is 0 Å². The smallest absolute Gasteiger partial charge is 0.257 e. The molecular weight excluding hydrogens is 368 g/mol. The molecule has 1 atom stereocenters. The molecule has 0 aliphatic heterocycles. The van der Waals surface area contributed by atoms with E-state index in [2.05, 4.69) is 25.4 Å². The van der Waals surface area contributed by atoms with E-state index in [9.17, 15) is 9.59 Å². The molecule has 0 spiro atoms. The van der Waals surface area contributed by atoms with Gasteiger partial charge in [0.2, 0.25) is 0 Å². The van der Waals surface area contributed by atoms with E-state index in [1.165, 1.54) is 16.2 Å². The van der Waals surface area contributed by atoms with Crippen LogP contribution in [0.4, 0.5) is 5.00 Å². The first-order valence-corrected chi connectivity index (χ1v) is 10.4. The van der Waals surface area contributed by atoms with Gasteiger partial charge in [-0.15, -0.1) is 24.5 Å². The number of nitrogens with one attached hydrogen (secondary N) is 1. The van der Waals surface area contributed by atoms with Crippen LogP contribution in [-0.4, -0.2) is 29.8 Å². The van der Waals surface area contributed by atoms with Gasteiger partial charge in [-0.2, -0.15) is 0 Å². The van der Waals surface area contributed by atoms with Crippen LogP contribution in [0.1, 0.15) is 44.5 Å². The largest absolute Gasteiger partial charge is 0.331 e. The Morgan fingerprint density at radius 2 is 1.89 bits per heavy atom. The summed E-state index contributed by atoms with van der Waals surface area (Å²) >= 11 is 1.54. The van der Waals surface area contributed by atoms with Crippen molar-refractivity contribution in [1.82, 2.24) is 4.90 Å². The number of nitrogens with zero attached hydrogens (tertiary/aromatic N) is 1. The van der Waals surface area contributed by atoms with Crippen molar-refractivity contribution < 1.29 is 9.59 Å². The van der Waals surface area contributed by atoms with Crippen LogP contribution in [0.25, 0.3) is 0 Å². The van der Waals surface area contributed by atoms with Gasteiger partial charge in [0.1, 0.15) is 5.00 Å². The Morgan fingerprint density at radius 1 is 1.21 bits per heavy atom. The van der Waals surface area contributed by atoms with E-state index < -0.39 is 0 Å². The van der Waals surface area contributed by atoms with Gasteiger partial charge in [0.05, 0.1) is 5.56 Å². The lowest BCUT2D eigenvalue weighted by molar-refractivity contribution is 0.0791. The zero-order valence-electron chi connectivity index (χ0n) is 16.2. The van der Waals surface area contributed by atoms with Gasteiger partial charge in [-0.3, -0.25) is 9.59 Å². The monoisotopic (exact) mass is 394 g/mol. The molecule has 1 aliphatic carbocycles. The van der Waals surface area contributed by atoms with Crippen LogP contribution < -0.4 is 5.32 Å². The first-order chi connectivity index (χ1) is 13.5. The third kappa shape index (κ3) is 4.25. The fourth-order valence-electron chi connectivity index (χ4n) is 3.54. The van der Waals surface area contributed by atoms with Crippen molar-refractivity contribution in [3.63, 3.8) is 0 Å². The van der Waals surface area contributed by atoms with Crippen molar-refractivity contribution in [2.24, 2.45) is 5.92 Å². The van der Waals surface area contributed by atoms with Gasteiger partial charge < -0.3 is 10.2 Å². The van der Waals surface area contributed by atoms with E-state index in [1.54, 1.807) is 29.2 Å². The molecular formula is C23H26N2O2S. The molecule has 4 nitrogen and oxygen atoms in total. The molecule has 2 aromatic rings. The average Bonchev–Trinajstić information content (AvgIpc) is 3.04. The summed E-state index contributed by atoms with van der Waals surface area (Å²) in [5, 5.41) is 3.65. The second-order valence-electron chi connectivity index (χ2n) is 7.16. The molecule has 1 aromatic carbocycles. The predicted molar refractivity (Wildman–Crippen MR) is 116 cm³/mol. The highest BCUT2D eigenvalue weighted by Crippen LogP contribution is 2.40. The van der Waals surface area contributed by atoms with E-state index >= 15 is 0 Å². The van der Waals surface area contributed by atoms with Crippen molar-refractivity contribution in [3.8, 4) is 0 Å². The molecule has 0 saturated heterocycles. The third-order valence-corrected chi connectivity index (χ3v) is 6.14. The molecule has 1 unspecified atom stereocenters. The summed E-state index contributed by atoms with van der Waals surface area (Å²) in [7, 11) is 0. The topological polar surface area (TPSA) is 49.4 Å². The van der Waals surface area contributed by atoms with Gasteiger partial charge >= 0.3 is 0 Å². The number of rotatable bonds is 7. The molecule has 28 heavy (non-hydrogen) atoms. The van der Waals surface area contributed by atoms with Gasteiger partial charge in [-0.25, -0.2) is 0 Å². The lowest BCUT2D eigenvalue weighted by Gasteiger charge is -2.23. The van der Waals surface area contributed by atoms with Crippen molar-refractivity contribution in [1.29, 1.82) is 0 Å². The van der Waals surface area contributed by atoms with E-state index in [0.29, 0.717) is 35.1 Å². The maximum absolute atomic E-state index is 13.4. The molecule has 1 aromatic heterocycles. The first kappa shape index (κ1) is 20.1. The minimum atomic E-state index is -0.194. The average molecular weight is 395 g/mol. The molecule has 0 fully saturated rings. The van der Waals surface area contributed by atoms with Crippen molar-refractivity contribution in [2.75, 3.05) is 18.4 Å². The lowest BCUT2D eigenvalue weighted by Crippen LogP contribution is -2.32. The Morgan fingerprint density at radius 3 is 2.54 bits per heavy atom. The minimum Gasteiger partial charge on any atom is -0.331 e. The fourth-order valence-corrected chi connectivity index (χ4v) is 4.94. The number of thiophene rings is 1. The molecule has 0 bridgehead atoms. The van der Waals surface area contributed by atoms with E-state index in [1.807, 2.05) is 18.2 Å². The van der Waals surface area contributed by atoms with Gasteiger partial charge in [-0.05, 0) is 42.9 Å². The summed E-state index contributed by atoms with van der Waals surface area (Å²) < 4.78 is 0.